The highest BCUT2D eigenvalue weighted by atomic mass is 16.5. The predicted octanol–water partition coefficient (Wildman–Crippen LogP) is 2.11. The molecule has 3 heteroatoms. The van der Waals surface area contributed by atoms with E-state index in [9.17, 15) is 0 Å². The van der Waals surface area contributed by atoms with Gasteiger partial charge in [-0.25, -0.2) is 0 Å². The van der Waals surface area contributed by atoms with E-state index < -0.39 is 0 Å². The first kappa shape index (κ1) is 14.9. The van der Waals surface area contributed by atoms with Crippen LogP contribution in [0.3, 0.4) is 0 Å². The molecule has 102 valence electrons. The van der Waals surface area contributed by atoms with Crippen LogP contribution in [0.5, 0.6) is 0 Å². The second-order valence-electron chi connectivity index (χ2n) is 5.85. The molecule has 0 radical (unpaired) electrons. The summed E-state index contributed by atoms with van der Waals surface area (Å²) >= 11 is 0. The Bertz CT molecular complexity index is 197. The van der Waals surface area contributed by atoms with E-state index in [1.54, 1.807) is 7.11 Å². The van der Waals surface area contributed by atoms with Crippen molar-refractivity contribution in [1.29, 1.82) is 0 Å². The summed E-state index contributed by atoms with van der Waals surface area (Å²) in [6, 6.07) is 0.418. The molecular formula is C14H30N2O. The van der Waals surface area contributed by atoms with Gasteiger partial charge in [-0.3, -0.25) is 0 Å². The van der Waals surface area contributed by atoms with E-state index in [1.165, 1.54) is 25.7 Å². The predicted molar refractivity (Wildman–Crippen MR) is 73.1 cm³/mol. The van der Waals surface area contributed by atoms with Crippen LogP contribution in [0.25, 0.3) is 0 Å². The van der Waals surface area contributed by atoms with Gasteiger partial charge in [-0.15, -0.1) is 0 Å². The van der Waals surface area contributed by atoms with Crippen molar-refractivity contribution in [3.8, 4) is 0 Å². The summed E-state index contributed by atoms with van der Waals surface area (Å²) in [4.78, 5) is 2.53. The molecule has 1 rings (SSSR count). The minimum absolute atomic E-state index is 0.418. The summed E-state index contributed by atoms with van der Waals surface area (Å²) in [6.45, 7) is 8.74. The second kappa shape index (κ2) is 8.06. The molecule has 0 aromatic heterocycles. The van der Waals surface area contributed by atoms with E-state index in [4.69, 9.17) is 10.5 Å². The topological polar surface area (TPSA) is 38.5 Å². The van der Waals surface area contributed by atoms with Gasteiger partial charge in [0.2, 0.25) is 0 Å². The van der Waals surface area contributed by atoms with Crippen molar-refractivity contribution in [3.05, 3.63) is 0 Å². The maximum Gasteiger partial charge on any atom is 0.0589 e. The Morgan fingerprint density at radius 3 is 2.59 bits per heavy atom. The number of ether oxygens (including phenoxy) is 1. The summed E-state index contributed by atoms with van der Waals surface area (Å²) in [7, 11) is 1.78. The Balaban J connectivity index is 2.39. The Morgan fingerprint density at radius 2 is 2.00 bits per heavy atom. The van der Waals surface area contributed by atoms with Gasteiger partial charge in [0.15, 0.2) is 0 Å². The van der Waals surface area contributed by atoms with Gasteiger partial charge in [0.05, 0.1) is 6.61 Å². The van der Waals surface area contributed by atoms with Crippen molar-refractivity contribution in [1.82, 2.24) is 4.90 Å². The zero-order valence-corrected chi connectivity index (χ0v) is 11.8. The van der Waals surface area contributed by atoms with Crippen LogP contribution in [0.1, 0.15) is 39.5 Å². The Labute approximate surface area is 107 Å². The standard InChI is InChI=1S/C14H30N2O/c1-12(2)10-16(8-9-17-3)11-13-6-4-5-7-14(13)15/h12-14H,4-11,15H2,1-3H3. The van der Waals surface area contributed by atoms with Gasteiger partial charge in [0.1, 0.15) is 0 Å². The molecule has 0 aliphatic heterocycles. The van der Waals surface area contributed by atoms with Crippen molar-refractivity contribution in [3.63, 3.8) is 0 Å². The maximum absolute atomic E-state index is 6.23. The average molecular weight is 242 g/mol. The molecule has 17 heavy (non-hydrogen) atoms. The lowest BCUT2D eigenvalue weighted by atomic mass is 9.84. The van der Waals surface area contributed by atoms with E-state index in [1.807, 2.05) is 0 Å². The van der Waals surface area contributed by atoms with Crippen LogP contribution in [0.4, 0.5) is 0 Å². The van der Waals surface area contributed by atoms with Gasteiger partial charge in [-0.2, -0.15) is 0 Å². The van der Waals surface area contributed by atoms with Gasteiger partial charge in [0, 0.05) is 32.8 Å². The number of hydrogen-bond acceptors (Lipinski definition) is 3. The average Bonchev–Trinajstić information content (AvgIpc) is 2.28. The maximum atomic E-state index is 6.23. The van der Waals surface area contributed by atoms with Crippen molar-refractivity contribution >= 4 is 0 Å². The largest absolute Gasteiger partial charge is 0.383 e. The molecule has 2 atom stereocenters. The highest BCUT2D eigenvalue weighted by Gasteiger charge is 2.24. The minimum atomic E-state index is 0.418. The SMILES string of the molecule is COCCN(CC(C)C)CC1CCCCC1N. The fourth-order valence-corrected chi connectivity index (χ4v) is 2.79. The monoisotopic (exact) mass is 242 g/mol. The Kier molecular flexibility index (Phi) is 7.09. The molecule has 0 amide bonds. The lowest BCUT2D eigenvalue weighted by Gasteiger charge is -2.34. The number of methoxy groups -OCH3 is 1. The van der Waals surface area contributed by atoms with Gasteiger partial charge in [-0.1, -0.05) is 26.7 Å². The molecule has 0 spiro atoms. The summed E-state index contributed by atoms with van der Waals surface area (Å²) < 4.78 is 5.20. The van der Waals surface area contributed by atoms with Crippen molar-refractivity contribution in [2.24, 2.45) is 17.6 Å². The highest BCUT2D eigenvalue weighted by Crippen LogP contribution is 2.24. The van der Waals surface area contributed by atoms with E-state index >= 15 is 0 Å². The molecule has 0 saturated heterocycles. The quantitative estimate of drug-likeness (QED) is 0.743. The third-order valence-corrected chi connectivity index (χ3v) is 3.70. The van der Waals surface area contributed by atoms with Gasteiger partial charge in [-0.05, 0) is 24.7 Å². The van der Waals surface area contributed by atoms with Crippen molar-refractivity contribution in [2.45, 2.75) is 45.6 Å². The zero-order valence-electron chi connectivity index (χ0n) is 11.8. The Hall–Kier alpha value is -0.120. The van der Waals surface area contributed by atoms with E-state index in [0.717, 1.165) is 26.2 Å². The van der Waals surface area contributed by atoms with Gasteiger partial charge in [0.25, 0.3) is 0 Å². The van der Waals surface area contributed by atoms with E-state index in [2.05, 4.69) is 18.7 Å². The molecule has 0 heterocycles. The van der Waals surface area contributed by atoms with E-state index in [0.29, 0.717) is 17.9 Å². The number of nitrogens with two attached hydrogens (primary N) is 1. The molecule has 2 unspecified atom stereocenters. The van der Waals surface area contributed by atoms with Crippen LogP contribution in [0, 0.1) is 11.8 Å². The first-order valence-electron chi connectivity index (χ1n) is 7.10. The van der Waals surface area contributed by atoms with Crippen LogP contribution in [-0.4, -0.2) is 44.3 Å². The van der Waals surface area contributed by atoms with Crippen molar-refractivity contribution < 1.29 is 4.74 Å². The summed E-state index contributed by atoms with van der Waals surface area (Å²) in [5, 5.41) is 0. The summed E-state index contributed by atoms with van der Waals surface area (Å²) in [5.41, 5.74) is 6.23. The third-order valence-electron chi connectivity index (χ3n) is 3.70. The fourth-order valence-electron chi connectivity index (χ4n) is 2.79. The molecule has 1 fully saturated rings. The molecule has 3 nitrogen and oxygen atoms in total. The first-order valence-corrected chi connectivity index (χ1v) is 7.10. The lowest BCUT2D eigenvalue weighted by Crippen LogP contribution is -2.43. The number of rotatable bonds is 7. The van der Waals surface area contributed by atoms with Crippen LogP contribution in [-0.2, 0) is 4.74 Å². The summed E-state index contributed by atoms with van der Waals surface area (Å²) in [5.74, 6) is 1.41. The molecule has 1 aliphatic carbocycles. The van der Waals surface area contributed by atoms with Gasteiger partial charge >= 0.3 is 0 Å². The first-order chi connectivity index (χ1) is 8.13. The smallest absolute Gasteiger partial charge is 0.0589 e. The molecular weight excluding hydrogens is 212 g/mol. The normalized spacial score (nSPS) is 25.8. The fraction of sp³-hybridized carbons (Fsp3) is 1.00. The molecule has 0 aromatic carbocycles. The molecule has 1 saturated carbocycles. The molecule has 2 N–H and O–H groups in total. The van der Waals surface area contributed by atoms with Crippen LogP contribution in [0.2, 0.25) is 0 Å². The van der Waals surface area contributed by atoms with E-state index in [-0.39, 0.29) is 0 Å². The lowest BCUT2D eigenvalue weighted by molar-refractivity contribution is 0.116. The second-order valence-corrected chi connectivity index (χ2v) is 5.85. The number of nitrogens with zero attached hydrogens (tertiary/aromatic N) is 1. The van der Waals surface area contributed by atoms with Crippen LogP contribution in [0.15, 0.2) is 0 Å². The van der Waals surface area contributed by atoms with Crippen LogP contribution < -0.4 is 5.73 Å². The zero-order chi connectivity index (χ0) is 12.7. The minimum Gasteiger partial charge on any atom is -0.383 e. The van der Waals surface area contributed by atoms with Crippen LogP contribution >= 0.6 is 0 Å². The number of hydrogen-bond donors (Lipinski definition) is 1. The van der Waals surface area contributed by atoms with Crippen molar-refractivity contribution in [2.75, 3.05) is 33.4 Å². The third kappa shape index (κ3) is 5.84. The molecule has 0 bridgehead atoms. The molecule has 0 aromatic rings. The van der Waals surface area contributed by atoms with Gasteiger partial charge < -0.3 is 15.4 Å². The summed E-state index contributed by atoms with van der Waals surface area (Å²) in [6.07, 6.45) is 5.20. The highest BCUT2D eigenvalue weighted by molar-refractivity contribution is 4.80. The Morgan fingerprint density at radius 1 is 1.29 bits per heavy atom. The molecule has 1 aliphatic rings.